The molecular formula is C50H58BrClN6O6S. The number of aromatic nitrogens is 1. The molecule has 6 aliphatic rings. The fraction of sp³-hybridized carbons (Fsp3) is 0.460. The van der Waals surface area contributed by atoms with Crippen molar-refractivity contribution in [2.75, 3.05) is 47.4 Å². The van der Waals surface area contributed by atoms with E-state index in [2.05, 4.69) is 84.6 Å². The highest BCUT2D eigenvalue weighted by atomic mass is 79.9. The topological polar surface area (TPSA) is 131 Å². The number of carbonyl (C=O) groups is 3. The average Bonchev–Trinajstić information content (AvgIpc) is 3.92. The summed E-state index contributed by atoms with van der Waals surface area (Å²) in [7, 11) is 6.11. The van der Waals surface area contributed by atoms with E-state index in [9.17, 15) is 19.5 Å². The third-order valence-electron chi connectivity index (χ3n) is 13.7. The maximum absolute atomic E-state index is 14.4. The summed E-state index contributed by atoms with van der Waals surface area (Å²) in [5, 5.41) is 17.0. The van der Waals surface area contributed by atoms with Gasteiger partial charge in [-0.05, 0) is 127 Å². The van der Waals surface area contributed by atoms with E-state index < -0.39 is 41.5 Å². The molecule has 65 heavy (non-hydrogen) atoms. The first kappa shape index (κ1) is 46.0. The lowest BCUT2D eigenvalue weighted by Gasteiger charge is -2.49. The van der Waals surface area contributed by atoms with Crippen molar-refractivity contribution < 1.29 is 29.0 Å². The summed E-state index contributed by atoms with van der Waals surface area (Å²) in [5.41, 5.74) is 4.92. The number of nitrogens with one attached hydrogen (secondary N) is 2. The molecule has 4 aromatic rings. The minimum absolute atomic E-state index is 0.104. The summed E-state index contributed by atoms with van der Waals surface area (Å²) < 4.78 is 13.5. The SMILES string of the molecule is CC(C)C[C@H]1C(=O)N2CCC[C@H]2[C@]2(O)O[C@](NC(=O)[C@@H]3C=C4c5cccc6[nH]c(Br)c(c56)C[C@H]4N(C)C3)(C(C)C)C(=O)N12.CN(C)CCOC1=Cc2ccccc2Sc2ccc(Cl)cc21. The molecule has 12 nitrogen and oxygen atoms in total. The Kier molecular flexibility index (Phi) is 12.6. The van der Waals surface area contributed by atoms with E-state index in [1.165, 1.54) is 31.2 Å². The number of nitrogens with zero attached hydrogens (tertiary/aromatic N) is 4. The largest absolute Gasteiger partial charge is 0.492 e. The van der Waals surface area contributed by atoms with Gasteiger partial charge in [-0.3, -0.25) is 28.9 Å². The van der Waals surface area contributed by atoms with Crippen molar-refractivity contribution in [3.63, 3.8) is 0 Å². The maximum Gasteiger partial charge on any atom is 0.281 e. The maximum atomic E-state index is 14.4. The zero-order valence-corrected chi connectivity index (χ0v) is 41.1. The highest BCUT2D eigenvalue weighted by Gasteiger charge is 2.72. The third-order valence-corrected chi connectivity index (χ3v) is 15.8. The van der Waals surface area contributed by atoms with Crippen molar-refractivity contribution in [1.82, 2.24) is 29.9 Å². The first-order chi connectivity index (χ1) is 31.0. The lowest BCUT2D eigenvalue weighted by Crippen LogP contribution is -2.71. The fourth-order valence-corrected chi connectivity index (χ4v) is 12.2. The minimum Gasteiger partial charge on any atom is -0.492 e. The number of carbonyl (C=O) groups excluding carboxylic acids is 3. The van der Waals surface area contributed by atoms with Gasteiger partial charge in [-0.1, -0.05) is 87.5 Å². The second-order valence-corrected chi connectivity index (χ2v) is 21.4. The molecule has 0 saturated carbocycles. The summed E-state index contributed by atoms with van der Waals surface area (Å²) in [6.45, 7) is 10.1. The number of fused-ring (bicyclic) bond motifs is 7. The molecule has 3 N–H and O–H groups in total. The van der Waals surface area contributed by atoms with Crippen LogP contribution >= 0.6 is 39.3 Å². The Morgan fingerprint density at radius 2 is 1.88 bits per heavy atom. The standard InChI is InChI=1S/C32H40BrN5O5.C18H18ClNOS/c1-16(2)12-24-29(40)37-11-7-10-25(37)32(42)38(24)30(41)31(43-32,17(3)4)35-28(39)18-13-20-19-8-6-9-22-26(19)21(27(33)34-22)14-23(20)36(5)15-18;1-20(2)9-10-21-16-11-13-5-3-4-6-17(13)22-18-8-7-14(19)12-15(16)18/h6,8-9,13,16-18,23-25,34,42H,7,10-12,14-15H2,1-5H3,(H,35,39);3-8,11-12H,9-10H2,1-2H3/t18-,23-,24+,25+,31-,32+;/m1./s1. The number of hydrogen-bond donors (Lipinski definition) is 3. The molecule has 0 bridgehead atoms. The predicted octanol–water partition coefficient (Wildman–Crippen LogP) is 8.07. The van der Waals surface area contributed by atoms with Crippen LogP contribution in [-0.4, -0.2) is 125 Å². The highest BCUT2D eigenvalue weighted by molar-refractivity contribution is 9.10. The van der Waals surface area contributed by atoms with Gasteiger partial charge in [-0.25, -0.2) is 0 Å². The van der Waals surface area contributed by atoms with Gasteiger partial charge in [0, 0.05) is 62.9 Å². The summed E-state index contributed by atoms with van der Waals surface area (Å²) >= 11 is 11.6. The van der Waals surface area contributed by atoms with E-state index in [4.69, 9.17) is 21.1 Å². The molecule has 0 unspecified atom stereocenters. The Morgan fingerprint density at radius 3 is 2.63 bits per heavy atom. The zero-order valence-electron chi connectivity index (χ0n) is 38.0. The second-order valence-electron chi connectivity index (χ2n) is 19.1. The third kappa shape index (κ3) is 8.14. The summed E-state index contributed by atoms with van der Waals surface area (Å²) in [6, 6.07) is 19.1. The van der Waals surface area contributed by atoms with E-state index in [0.717, 1.165) is 57.0 Å². The molecule has 344 valence electrons. The van der Waals surface area contributed by atoms with Crippen LogP contribution in [0.25, 0.3) is 28.3 Å². The molecule has 5 aliphatic heterocycles. The van der Waals surface area contributed by atoms with Crippen LogP contribution in [0.4, 0.5) is 0 Å². The molecule has 3 aromatic carbocycles. The van der Waals surface area contributed by atoms with Crippen LogP contribution in [0.3, 0.4) is 0 Å². The van der Waals surface area contributed by atoms with Gasteiger partial charge in [0.05, 0.1) is 10.5 Å². The number of amides is 3. The van der Waals surface area contributed by atoms with Crippen LogP contribution in [0.5, 0.6) is 0 Å². The minimum atomic E-state index is -2.01. The van der Waals surface area contributed by atoms with Crippen molar-refractivity contribution in [2.24, 2.45) is 17.8 Å². The normalized spacial score (nSPS) is 26.8. The van der Waals surface area contributed by atoms with Crippen molar-refractivity contribution in [1.29, 1.82) is 0 Å². The number of ether oxygens (including phenoxy) is 2. The number of aromatic amines is 1. The fourth-order valence-electron chi connectivity index (χ4n) is 10.4. The lowest BCUT2D eigenvalue weighted by atomic mass is 9.79. The van der Waals surface area contributed by atoms with Gasteiger partial charge in [-0.15, -0.1) is 0 Å². The van der Waals surface area contributed by atoms with Crippen molar-refractivity contribution in [2.45, 2.75) is 92.9 Å². The average molecular weight is 986 g/mol. The Morgan fingerprint density at radius 1 is 1.09 bits per heavy atom. The van der Waals surface area contributed by atoms with Crippen LogP contribution in [0.2, 0.25) is 5.02 Å². The Balaban J connectivity index is 0.000000203. The molecule has 6 heterocycles. The smallest absolute Gasteiger partial charge is 0.281 e. The van der Waals surface area contributed by atoms with Crippen LogP contribution < -0.4 is 5.32 Å². The first-order valence-electron chi connectivity index (χ1n) is 22.7. The number of benzene rings is 3. The molecule has 10 rings (SSSR count). The van der Waals surface area contributed by atoms with Gasteiger partial charge in [0.25, 0.3) is 11.8 Å². The molecular weight excluding hydrogens is 928 g/mol. The van der Waals surface area contributed by atoms with Crippen molar-refractivity contribution in [3.05, 3.63) is 98.6 Å². The van der Waals surface area contributed by atoms with Gasteiger partial charge in [-0.2, -0.15) is 0 Å². The number of likely N-dealkylation sites (N-methyl/N-ethyl adjacent to an activating group) is 2. The molecule has 3 fully saturated rings. The molecule has 1 aliphatic carbocycles. The molecule has 0 radical (unpaired) electrons. The van der Waals surface area contributed by atoms with Gasteiger partial charge < -0.3 is 29.9 Å². The van der Waals surface area contributed by atoms with E-state index in [1.54, 1.807) is 30.5 Å². The lowest BCUT2D eigenvalue weighted by molar-refractivity contribution is -0.322. The van der Waals surface area contributed by atoms with Gasteiger partial charge >= 0.3 is 0 Å². The number of piperazine rings is 1. The van der Waals surface area contributed by atoms with Crippen LogP contribution in [0, 0.1) is 17.8 Å². The number of H-pyrrole nitrogens is 1. The highest BCUT2D eigenvalue weighted by Crippen LogP contribution is 2.49. The number of hydrogen-bond acceptors (Lipinski definition) is 9. The Labute approximate surface area is 398 Å². The molecule has 0 spiro atoms. The van der Waals surface area contributed by atoms with Gasteiger partial charge in [0.2, 0.25) is 17.5 Å². The molecule has 15 heteroatoms. The number of halogens is 2. The molecule has 6 atom stereocenters. The van der Waals surface area contributed by atoms with Crippen molar-refractivity contribution >= 4 is 85.3 Å². The van der Waals surface area contributed by atoms with E-state index in [1.807, 2.05) is 59.3 Å². The van der Waals surface area contributed by atoms with E-state index >= 15 is 0 Å². The number of aliphatic hydroxyl groups is 1. The Hall–Kier alpha value is -4.15. The van der Waals surface area contributed by atoms with Crippen LogP contribution in [0.1, 0.15) is 69.2 Å². The predicted molar refractivity (Wildman–Crippen MR) is 259 cm³/mol. The second kappa shape index (κ2) is 17.8. The molecule has 3 amide bonds. The summed E-state index contributed by atoms with van der Waals surface area (Å²) in [4.78, 5) is 55.3. The summed E-state index contributed by atoms with van der Waals surface area (Å²) in [6.07, 6.45) is 6.60. The quantitative estimate of drug-likeness (QED) is 0.153. The van der Waals surface area contributed by atoms with Crippen LogP contribution in [0.15, 0.2) is 81.1 Å². The monoisotopic (exact) mass is 984 g/mol. The zero-order chi connectivity index (χ0) is 46.1. The number of rotatable bonds is 9. The van der Waals surface area contributed by atoms with Crippen molar-refractivity contribution in [3.8, 4) is 0 Å². The first-order valence-corrected chi connectivity index (χ1v) is 24.7. The van der Waals surface area contributed by atoms with Gasteiger partial charge in [0.15, 0.2) is 0 Å². The molecule has 3 saturated heterocycles. The summed E-state index contributed by atoms with van der Waals surface area (Å²) in [5.74, 6) is -3.13. The van der Waals surface area contributed by atoms with E-state index in [-0.39, 0.29) is 23.8 Å². The van der Waals surface area contributed by atoms with Crippen LogP contribution in [-0.2, 0) is 30.3 Å². The van der Waals surface area contributed by atoms with E-state index in [0.29, 0.717) is 32.5 Å². The van der Waals surface area contributed by atoms with Gasteiger partial charge in [0.1, 0.15) is 24.4 Å². The Bertz CT molecular complexity index is 2610. The molecule has 1 aromatic heterocycles.